The van der Waals surface area contributed by atoms with Crippen LogP contribution in [0.2, 0.25) is 0 Å². The third kappa shape index (κ3) is 1.75. The van der Waals surface area contributed by atoms with Gasteiger partial charge in [-0.3, -0.25) is 4.79 Å². The van der Waals surface area contributed by atoms with E-state index in [0.29, 0.717) is 6.54 Å². The Morgan fingerprint density at radius 2 is 2.28 bits per heavy atom. The summed E-state index contributed by atoms with van der Waals surface area (Å²) in [6.45, 7) is 0.614. The molecule has 0 bridgehead atoms. The number of halogens is 1. The van der Waals surface area contributed by atoms with Crippen LogP contribution in [0.1, 0.15) is 17.3 Å². The van der Waals surface area contributed by atoms with Gasteiger partial charge in [-0.1, -0.05) is 28.1 Å². The van der Waals surface area contributed by atoms with Crippen LogP contribution in [0.5, 0.6) is 0 Å². The van der Waals surface area contributed by atoms with Crippen molar-refractivity contribution >= 4 is 21.8 Å². The van der Waals surface area contributed by atoms with E-state index in [2.05, 4.69) is 20.9 Å². The number of likely N-dealkylation sites (N-methyl/N-ethyl adjacent to an activating group) is 1. The quantitative estimate of drug-likeness (QED) is 0.810. The minimum atomic E-state index is -0.307. The van der Waals surface area contributed by atoms with Gasteiger partial charge in [0.15, 0.2) is 0 Å². The minimum Gasteiger partial charge on any atom is -0.338 e. The average Bonchev–Trinajstić information content (AvgIpc) is 2.78. The Bertz CT molecular complexity index is 608. The molecule has 2 aromatic rings. The molecule has 0 saturated heterocycles. The van der Waals surface area contributed by atoms with E-state index in [1.807, 2.05) is 42.1 Å². The van der Waals surface area contributed by atoms with Gasteiger partial charge in [0.1, 0.15) is 6.04 Å². The van der Waals surface area contributed by atoms with Crippen molar-refractivity contribution in [2.75, 3.05) is 7.05 Å². The van der Waals surface area contributed by atoms with Gasteiger partial charge in [0, 0.05) is 17.7 Å². The second-order valence-electron chi connectivity index (χ2n) is 4.44. The summed E-state index contributed by atoms with van der Waals surface area (Å²) in [5.74, 6) is 0.0959. The van der Waals surface area contributed by atoms with E-state index in [9.17, 15) is 4.79 Å². The number of hydrogen-bond donors (Lipinski definition) is 0. The number of carbonyl (C=O) groups excluding carboxylic acids is 1. The Balaban J connectivity index is 2.13. The normalized spacial score (nSPS) is 18.9. The van der Waals surface area contributed by atoms with E-state index in [0.717, 1.165) is 15.7 Å². The summed E-state index contributed by atoms with van der Waals surface area (Å²) in [7, 11) is 1.82. The van der Waals surface area contributed by atoms with Gasteiger partial charge >= 0.3 is 0 Å². The Labute approximate surface area is 113 Å². The fraction of sp³-hybridized carbons (Fsp3) is 0.231. The van der Waals surface area contributed by atoms with Crippen LogP contribution in [0, 0.1) is 0 Å². The van der Waals surface area contributed by atoms with Crippen molar-refractivity contribution in [3.8, 4) is 0 Å². The molecule has 0 saturated carbocycles. The molecule has 18 heavy (non-hydrogen) atoms. The molecule has 92 valence electrons. The molecule has 0 fully saturated rings. The van der Waals surface area contributed by atoms with Crippen LogP contribution < -0.4 is 0 Å². The topological polar surface area (TPSA) is 38.1 Å². The van der Waals surface area contributed by atoms with Gasteiger partial charge in [-0.25, -0.2) is 4.98 Å². The summed E-state index contributed by atoms with van der Waals surface area (Å²) in [6.07, 6.45) is 3.54. The van der Waals surface area contributed by atoms with Gasteiger partial charge in [0.05, 0.1) is 18.6 Å². The molecule has 0 aliphatic carbocycles. The molecule has 0 radical (unpaired) electrons. The third-order valence-electron chi connectivity index (χ3n) is 3.20. The molecule has 0 spiro atoms. The molecule has 1 aliphatic heterocycles. The maximum Gasteiger partial charge on any atom is 0.250 e. The van der Waals surface area contributed by atoms with Crippen molar-refractivity contribution in [1.82, 2.24) is 14.5 Å². The van der Waals surface area contributed by atoms with Gasteiger partial charge in [-0.2, -0.15) is 0 Å². The van der Waals surface area contributed by atoms with Crippen LogP contribution in [0.4, 0.5) is 0 Å². The van der Waals surface area contributed by atoms with Crippen LogP contribution in [-0.2, 0) is 11.3 Å². The summed E-state index contributed by atoms with van der Waals surface area (Å²) >= 11 is 3.44. The molecule has 1 aliphatic rings. The lowest BCUT2D eigenvalue weighted by Gasteiger charge is -2.31. The molecule has 1 unspecified atom stereocenters. The number of amides is 1. The standard InChI is InChI=1S/C13H12BrN3O/c1-16-7-11-6-15-8-17(11)12(13(16)18)9-3-2-4-10(14)5-9/h2-6,8,12H,7H2,1H3. The summed E-state index contributed by atoms with van der Waals surface area (Å²) in [6, 6.07) is 7.54. The number of fused-ring (bicyclic) bond motifs is 1. The van der Waals surface area contributed by atoms with Crippen molar-refractivity contribution in [1.29, 1.82) is 0 Å². The van der Waals surface area contributed by atoms with Crippen molar-refractivity contribution in [3.63, 3.8) is 0 Å². The molecular weight excluding hydrogens is 294 g/mol. The predicted molar refractivity (Wildman–Crippen MR) is 71.0 cm³/mol. The zero-order valence-electron chi connectivity index (χ0n) is 9.88. The highest BCUT2D eigenvalue weighted by Gasteiger charge is 2.31. The third-order valence-corrected chi connectivity index (χ3v) is 3.69. The number of imidazole rings is 1. The zero-order chi connectivity index (χ0) is 12.7. The molecule has 5 heteroatoms. The monoisotopic (exact) mass is 305 g/mol. The first-order valence-electron chi connectivity index (χ1n) is 5.68. The Hall–Kier alpha value is -1.62. The summed E-state index contributed by atoms with van der Waals surface area (Å²) in [5.41, 5.74) is 2.03. The van der Waals surface area contributed by atoms with Crippen molar-refractivity contribution in [3.05, 3.63) is 52.5 Å². The first-order valence-corrected chi connectivity index (χ1v) is 6.47. The highest BCUT2D eigenvalue weighted by Crippen LogP contribution is 2.28. The van der Waals surface area contributed by atoms with Crippen LogP contribution >= 0.6 is 15.9 Å². The zero-order valence-corrected chi connectivity index (χ0v) is 11.5. The lowest BCUT2D eigenvalue weighted by atomic mass is 10.0. The average molecular weight is 306 g/mol. The van der Waals surface area contributed by atoms with E-state index < -0.39 is 0 Å². The number of hydrogen-bond acceptors (Lipinski definition) is 2. The molecule has 3 rings (SSSR count). The Kier molecular flexibility index (Phi) is 2.70. The lowest BCUT2D eigenvalue weighted by molar-refractivity contribution is -0.134. The van der Waals surface area contributed by atoms with Crippen LogP contribution in [-0.4, -0.2) is 27.4 Å². The van der Waals surface area contributed by atoms with E-state index in [1.165, 1.54) is 0 Å². The molecule has 0 N–H and O–H groups in total. The fourth-order valence-electron chi connectivity index (χ4n) is 2.32. The van der Waals surface area contributed by atoms with Gasteiger partial charge < -0.3 is 9.47 Å². The Morgan fingerprint density at radius 1 is 1.44 bits per heavy atom. The van der Waals surface area contributed by atoms with Crippen molar-refractivity contribution in [2.45, 2.75) is 12.6 Å². The largest absolute Gasteiger partial charge is 0.338 e. The number of benzene rings is 1. The maximum absolute atomic E-state index is 12.4. The molecule has 1 atom stereocenters. The molecular formula is C13H12BrN3O. The smallest absolute Gasteiger partial charge is 0.250 e. The van der Waals surface area contributed by atoms with Crippen molar-refractivity contribution < 1.29 is 4.79 Å². The molecule has 1 amide bonds. The SMILES string of the molecule is CN1Cc2cncn2C(c2cccc(Br)c2)C1=O. The summed E-state index contributed by atoms with van der Waals surface area (Å²) in [5, 5.41) is 0. The van der Waals surface area contributed by atoms with E-state index in [-0.39, 0.29) is 11.9 Å². The van der Waals surface area contributed by atoms with Gasteiger partial charge in [-0.05, 0) is 17.7 Å². The van der Waals surface area contributed by atoms with Crippen LogP contribution in [0.3, 0.4) is 0 Å². The predicted octanol–water partition coefficient (Wildman–Crippen LogP) is 2.21. The van der Waals surface area contributed by atoms with Gasteiger partial charge in [0.2, 0.25) is 5.91 Å². The van der Waals surface area contributed by atoms with E-state index >= 15 is 0 Å². The number of rotatable bonds is 1. The molecule has 1 aromatic carbocycles. The first kappa shape index (κ1) is 11.5. The minimum absolute atomic E-state index is 0.0959. The summed E-state index contributed by atoms with van der Waals surface area (Å²) in [4.78, 5) is 18.2. The number of aromatic nitrogens is 2. The highest BCUT2D eigenvalue weighted by atomic mass is 79.9. The second kappa shape index (κ2) is 4.24. The molecule has 2 heterocycles. The van der Waals surface area contributed by atoms with E-state index in [4.69, 9.17) is 0 Å². The second-order valence-corrected chi connectivity index (χ2v) is 5.36. The summed E-state index contributed by atoms with van der Waals surface area (Å²) < 4.78 is 2.92. The van der Waals surface area contributed by atoms with Crippen LogP contribution in [0.25, 0.3) is 0 Å². The lowest BCUT2D eigenvalue weighted by Crippen LogP contribution is -2.40. The number of nitrogens with zero attached hydrogens (tertiary/aromatic N) is 3. The Morgan fingerprint density at radius 3 is 3.06 bits per heavy atom. The highest BCUT2D eigenvalue weighted by molar-refractivity contribution is 9.10. The van der Waals surface area contributed by atoms with Gasteiger partial charge in [0.25, 0.3) is 0 Å². The molecule has 1 aromatic heterocycles. The fourth-order valence-corrected chi connectivity index (χ4v) is 2.73. The van der Waals surface area contributed by atoms with E-state index in [1.54, 1.807) is 11.2 Å². The van der Waals surface area contributed by atoms with Gasteiger partial charge in [-0.15, -0.1) is 0 Å². The maximum atomic E-state index is 12.4. The van der Waals surface area contributed by atoms with Crippen molar-refractivity contribution in [2.24, 2.45) is 0 Å². The number of carbonyl (C=O) groups is 1. The molecule has 4 nitrogen and oxygen atoms in total. The van der Waals surface area contributed by atoms with Crippen LogP contribution in [0.15, 0.2) is 41.3 Å². The first-order chi connectivity index (χ1) is 8.66.